The van der Waals surface area contributed by atoms with Crippen molar-refractivity contribution in [1.82, 2.24) is 15.1 Å². The van der Waals surface area contributed by atoms with E-state index in [1.54, 1.807) is 6.92 Å². The van der Waals surface area contributed by atoms with Gasteiger partial charge in [-0.25, -0.2) is 9.78 Å². The van der Waals surface area contributed by atoms with Crippen LogP contribution in [0.3, 0.4) is 0 Å². The zero-order valence-electron chi connectivity index (χ0n) is 9.77. The average molecular weight is 264 g/mol. The maximum atomic E-state index is 11.3. The van der Waals surface area contributed by atoms with Crippen LogP contribution in [0.4, 0.5) is 5.69 Å². The van der Waals surface area contributed by atoms with Gasteiger partial charge in [0.25, 0.3) is 5.69 Å². The van der Waals surface area contributed by atoms with Gasteiger partial charge in [0.1, 0.15) is 0 Å². The predicted molar refractivity (Wildman–Crippen MR) is 60.1 cm³/mol. The topological polar surface area (TPSA) is 121 Å². The molecule has 2 aromatic rings. The maximum Gasteiger partial charge on any atom is 0.397 e. The third-order valence-corrected chi connectivity index (χ3v) is 2.07. The summed E-state index contributed by atoms with van der Waals surface area (Å²) in [6.07, 6.45) is 1.35. The molecule has 9 nitrogen and oxygen atoms in total. The molecule has 2 heterocycles. The van der Waals surface area contributed by atoms with Crippen LogP contribution in [0.5, 0.6) is 0 Å². The summed E-state index contributed by atoms with van der Waals surface area (Å²) in [5.74, 6) is -1.31. The Hall–Kier alpha value is -2.84. The largest absolute Gasteiger partial charge is 0.459 e. The van der Waals surface area contributed by atoms with E-state index in [0.717, 1.165) is 0 Å². The van der Waals surface area contributed by atoms with Crippen molar-refractivity contribution in [3.63, 3.8) is 0 Å². The summed E-state index contributed by atoms with van der Waals surface area (Å²) >= 11 is 0. The van der Waals surface area contributed by atoms with Gasteiger partial charge >= 0.3 is 11.9 Å². The number of carbonyl (C=O) groups is 1. The molecule has 0 spiro atoms. The van der Waals surface area contributed by atoms with Gasteiger partial charge in [0.15, 0.2) is 5.69 Å². The number of hydrogen-bond donors (Lipinski definition) is 0. The highest BCUT2D eigenvalue weighted by atomic mass is 16.6. The third kappa shape index (κ3) is 2.54. The van der Waals surface area contributed by atoms with Crippen LogP contribution in [-0.4, -0.2) is 32.6 Å². The van der Waals surface area contributed by atoms with E-state index in [4.69, 9.17) is 0 Å². The number of ether oxygens (including phenoxy) is 1. The molecule has 0 saturated carbocycles. The van der Waals surface area contributed by atoms with Gasteiger partial charge < -0.3 is 9.26 Å². The first kappa shape index (κ1) is 12.6. The number of carbonyl (C=O) groups excluding carboxylic acids is 1. The normalized spacial score (nSPS) is 10.2. The lowest BCUT2D eigenvalue weighted by molar-refractivity contribution is -0.384. The lowest BCUT2D eigenvalue weighted by Crippen LogP contribution is -2.04. The van der Waals surface area contributed by atoms with Crippen molar-refractivity contribution in [2.45, 2.75) is 6.92 Å². The van der Waals surface area contributed by atoms with Crippen LogP contribution in [0.25, 0.3) is 11.5 Å². The molecule has 0 N–H and O–H groups in total. The monoisotopic (exact) mass is 264 g/mol. The fourth-order valence-electron chi connectivity index (χ4n) is 1.31. The molecule has 19 heavy (non-hydrogen) atoms. The first-order valence-electron chi connectivity index (χ1n) is 5.24. The second-order valence-corrected chi connectivity index (χ2v) is 3.27. The van der Waals surface area contributed by atoms with E-state index in [9.17, 15) is 14.9 Å². The van der Waals surface area contributed by atoms with E-state index in [1.165, 1.54) is 18.3 Å². The maximum absolute atomic E-state index is 11.3. The summed E-state index contributed by atoms with van der Waals surface area (Å²) in [6, 6.07) is 2.66. The highest BCUT2D eigenvalue weighted by Crippen LogP contribution is 2.24. The molecule has 2 aromatic heterocycles. The Labute approximate surface area is 106 Å². The average Bonchev–Trinajstić information content (AvgIpc) is 2.88. The SMILES string of the molecule is CCOC(=O)c1nc(-c2ncccc2[N+](=O)[O-])no1. The molecular formula is C10H8N4O5. The molecule has 9 heteroatoms. The second kappa shape index (κ2) is 5.21. The van der Waals surface area contributed by atoms with Crippen LogP contribution in [-0.2, 0) is 4.74 Å². The number of esters is 1. The Morgan fingerprint density at radius 1 is 1.58 bits per heavy atom. The van der Waals surface area contributed by atoms with Crippen molar-refractivity contribution in [3.05, 3.63) is 34.3 Å². The van der Waals surface area contributed by atoms with Gasteiger partial charge in [-0.2, -0.15) is 4.98 Å². The van der Waals surface area contributed by atoms with Gasteiger partial charge in [0, 0.05) is 12.3 Å². The number of hydrogen-bond acceptors (Lipinski definition) is 8. The van der Waals surface area contributed by atoms with E-state index in [0.29, 0.717) is 0 Å². The molecule has 0 aromatic carbocycles. The quantitative estimate of drug-likeness (QED) is 0.459. The lowest BCUT2D eigenvalue weighted by Gasteiger charge is -1.95. The molecular weight excluding hydrogens is 256 g/mol. The summed E-state index contributed by atoms with van der Waals surface area (Å²) < 4.78 is 9.34. The summed E-state index contributed by atoms with van der Waals surface area (Å²) in [4.78, 5) is 29.1. The number of nitrogens with zero attached hydrogens (tertiary/aromatic N) is 4. The van der Waals surface area contributed by atoms with E-state index in [1.807, 2.05) is 0 Å². The Morgan fingerprint density at radius 3 is 3.05 bits per heavy atom. The molecule has 0 amide bonds. The number of pyridine rings is 1. The van der Waals surface area contributed by atoms with Crippen LogP contribution in [0.2, 0.25) is 0 Å². The number of aromatic nitrogens is 3. The van der Waals surface area contributed by atoms with Crippen molar-refractivity contribution in [3.8, 4) is 11.5 Å². The van der Waals surface area contributed by atoms with Gasteiger partial charge in [-0.3, -0.25) is 10.1 Å². The zero-order valence-corrected chi connectivity index (χ0v) is 9.77. The number of nitro groups is 1. The van der Waals surface area contributed by atoms with Crippen molar-refractivity contribution in [2.24, 2.45) is 0 Å². The minimum Gasteiger partial charge on any atom is -0.459 e. The Morgan fingerprint density at radius 2 is 2.37 bits per heavy atom. The minimum absolute atomic E-state index is 0.0770. The van der Waals surface area contributed by atoms with Crippen molar-refractivity contribution >= 4 is 11.7 Å². The van der Waals surface area contributed by atoms with Crippen LogP contribution < -0.4 is 0 Å². The first-order chi connectivity index (χ1) is 9.13. The Bertz CT molecular complexity index is 624. The summed E-state index contributed by atoms with van der Waals surface area (Å²) in [5.41, 5.74) is -0.356. The minimum atomic E-state index is -0.792. The first-order valence-corrected chi connectivity index (χ1v) is 5.24. The van der Waals surface area contributed by atoms with Gasteiger partial charge in [0.05, 0.1) is 11.5 Å². The fraction of sp³-hybridized carbons (Fsp3) is 0.200. The zero-order chi connectivity index (χ0) is 13.8. The molecule has 98 valence electrons. The Kier molecular flexibility index (Phi) is 3.46. The van der Waals surface area contributed by atoms with Gasteiger partial charge in [-0.15, -0.1) is 0 Å². The summed E-state index contributed by atoms with van der Waals surface area (Å²) in [5, 5.41) is 14.3. The van der Waals surface area contributed by atoms with Crippen LogP contribution in [0.1, 0.15) is 17.6 Å². The molecule has 0 aliphatic rings. The van der Waals surface area contributed by atoms with Crippen LogP contribution in [0, 0.1) is 10.1 Å². The van der Waals surface area contributed by atoms with E-state index in [2.05, 4.69) is 24.4 Å². The molecule has 0 radical (unpaired) electrons. The van der Waals surface area contributed by atoms with Gasteiger partial charge in [-0.1, -0.05) is 5.16 Å². The van der Waals surface area contributed by atoms with Gasteiger partial charge in [-0.05, 0) is 13.0 Å². The van der Waals surface area contributed by atoms with Crippen molar-refractivity contribution < 1.29 is 19.0 Å². The fourth-order valence-corrected chi connectivity index (χ4v) is 1.31. The predicted octanol–water partition coefficient (Wildman–Crippen LogP) is 1.22. The van der Waals surface area contributed by atoms with Crippen LogP contribution in [0.15, 0.2) is 22.9 Å². The smallest absolute Gasteiger partial charge is 0.397 e. The second-order valence-electron chi connectivity index (χ2n) is 3.27. The molecule has 0 aliphatic carbocycles. The van der Waals surface area contributed by atoms with Crippen molar-refractivity contribution in [1.29, 1.82) is 0 Å². The highest BCUT2D eigenvalue weighted by Gasteiger charge is 2.23. The molecule has 2 rings (SSSR count). The van der Waals surface area contributed by atoms with E-state index < -0.39 is 10.9 Å². The summed E-state index contributed by atoms with van der Waals surface area (Å²) in [6.45, 7) is 1.78. The third-order valence-electron chi connectivity index (χ3n) is 2.07. The van der Waals surface area contributed by atoms with E-state index >= 15 is 0 Å². The molecule has 0 bridgehead atoms. The van der Waals surface area contributed by atoms with Gasteiger partial charge in [0.2, 0.25) is 5.82 Å². The molecule has 0 atom stereocenters. The number of rotatable bonds is 4. The van der Waals surface area contributed by atoms with Crippen molar-refractivity contribution in [2.75, 3.05) is 6.61 Å². The Balaban J connectivity index is 2.38. The molecule has 0 fully saturated rings. The molecule has 0 saturated heterocycles. The van der Waals surface area contributed by atoms with E-state index in [-0.39, 0.29) is 29.7 Å². The lowest BCUT2D eigenvalue weighted by atomic mass is 10.3. The molecule has 0 aliphatic heterocycles. The van der Waals surface area contributed by atoms with Crippen LogP contribution >= 0.6 is 0 Å². The summed E-state index contributed by atoms with van der Waals surface area (Å²) in [7, 11) is 0. The standard InChI is InChI=1S/C10H8N4O5/c1-2-18-10(15)9-12-8(13-19-9)7-6(14(16)17)4-3-5-11-7/h3-5H,2H2,1H3. The molecule has 0 unspecified atom stereocenters. The highest BCUT2D eigenvalue weighted by molar-refractivity contribution is 5.84.